The van der Waals surface area contributed by atoms with Crippen LogP contribution < -0.4 is 5.32 Å². The Kier molecular flexibility index (Phi) is 2.11. The van der Waals surface area contributed by atoms with Crippen LogP contribution in [0, 0.1) is 0 Å². The van der Waals surface area contributed by atoms with E-state index in [9.17, 15) is 5.11 Å². The summed E-state index contributed by atoms with van der Waals surface area (Å²) in [5, 5.41) is 13.0. The normalized spacial score (nSPS) is 19.8. The van der Waals surface area contributed by atoms with Gasteiger partial charge >= 0.3 is 0 Å². The molecule has 13 heavy (non-hydrogen) atoms. The number of methoxy groups -OCH3 is 1. The zero-order valence-corrected chi connectivity index (χ0v) is 7.54. The summed E-state index contributed by atoms with van der Waals surface area (Å²) in [5.74, 6) is 0.633. The van der Waals surface area contributed by atoms with E-state index in [1.807, 2.05) is 6.07 Å². The molecule has 0 saturated carbocycles. The van der Waals surface area contributed by atoms with Gasteiger partial charge in [0.2, 0.25) is 0 Å². The molecule has 0 amide bonds. The second-order valence-corrected chi connectivity index (χ2v) is 3.34. The van der Waals surface area contributed by atoms with Crippen molar-refractivity contribution >= 4 is 0 Å². The molecular formula is C9H13NO3. The fourth-order valence-corrected chi connectivity index (χ4v) is 1.54. The Morgan fingerprint density at radius 2 is 2.46 bits per heavy atom. The number of nitrogens with one attached hydrogen (secondary N) is 1. The van der Waals surface area contributed by atoms with Crippen molar-refractivity contribution in [2.75, 3.05) is 20.2 Å². The lowest BCUT2D eigenvalue weighted by Crippen LogP contribution is -2.56. The van der Waals surface area contributed by atoms with Crippen molar-refractivity contribution in [3.05, 3.63) is 23.7 Å². The van der Waals surface area contributed by atoms with Crippen molar-refractivity contribution in [3.63, 3.8) is 0 Å². The highest BCUT2D eigenvalue weighted by molar-refractivity contribution is 5.25. The number of aliphatic hydroxyl groups is 1. The van der Waals surface area contributed by atoms with E-state index in [1.165, 1.54) is 0 Å². The van der Waals surface area contributed by atoms with Gasteiger partial charge in [0, 0.05) is 25.8 Å². The highest BCUT2D eigenvalue weighted by Gasteiger charge is 2.40. The average Bonchev–Trinajstić information content (AvgIpc) is 2.49. The Morgan fingerprint density at radius 3 is 3.00 bits per heavy atom. The summed E-state index contributed by atoms with van der Waals surface area (Å²) in [5.41, 5.74) is 0.101. The predicted molar refractivity (Wildman–Crippen MR) is 46.2 cm³/mol. The van der Waals surface area contributed by atoms with Crippen LogP contribution in [0.5, 0.6) is 0 Å². The molecule has 0 atom stereocenters. The molecular weight excluding hydrogens is 170 g/mol. The summed E-state index contributed by atoms with van der Waals surface area (Å²) in [6, 6.07) is 1.83. The lowest BCUT2D eigenvalue weighted by Gasteiger charge is -2.36. The molecule has 4 heteroatoms. The third-order valence-electron chi connectivity index (χ3n) is 2.30. The monoisotopic (exact) mass is 183 g/mol. The topological polar surface area (TPSA) is 54.6 Å². The van der Waals surface area contributed by atoms with E-state index in [4.69, 9.17) is 9.15 Å². The summed E-state index contributed by atoms with van der Waals surface area (Å²) < 4.78 is 10.3. The van der Waals surface area contributed by atoms with Crippen LogP contribution in [-0.2, 0) is 16.9 Å². The van der Waals surface area contributed by atoms with Gasteiger partial charge in [-0.05, 0) is 6.07 Å². The molecule has 0 spiro atoms. The molecule has 0 bridgehead atoms. The van der Waals surface area contributed by atoms with E-state index >= 15 is 0 Å². The van der Waals surface area contributed by atoms with Crippen molar-refractivity contribution in [1.82, 2.24) is 5.32 Å². The molecule has 0 unspecified atom stereocenters. The number of ether oxygens (including phenoxy) is 1. The van der Waals surface area contributed by atoms with Crippen molar-refractivity contribution in [2.45, 2.75) is 12.2 Å². The molecule has 1 aliphatic heterocycles. The zero-order chi connectivity index (χ0) is 9.31. The van der Waals surface area contributed by atoms with Gasteiger partial charge in [0.1, 0.15) is 11.4 Å². The van der Waals surface area contributed by atoms with Crippen molar-refractivity contribution in [1.29, 1.82) is 0 Å². The molecule has 4 nitrogen and oxygen atoms in total. The summed E-state index contributed by atoms with van der Waals surface area (Å²) in [6.45, 7) is 1.59. The predicted octanol–water partition coefficient (Wildman–Crippen LogP) is 0.217. The number of rotatable bonds is 3. The summed E-state index contributed by atoms with van der Waals surface area (Å²) in [4.78, 5) is 0. The molecule has 2 N–H and O–H groups in total. The van der Waals surface area contributed by atoms with Crippen molar-refractivity contribution in [2.24, 2.45) is 0 Å². The SMILES string of the molecule is COCc1ccoc1C1(O)CNC1. The minimum absolute atomic E-state index is 0.480. The first-order valence-electron chi connectivity index (χ1n) is 4.25. The second kappa shape index (κ2) is 3.14. The first-order valence-corrected chi connectivity index (χ1v) is 4.25. The molecule has 1 fully saturated rings. The molecule has 1 aromatic rings. The van der Waals surface area contributed by atoms with Gasteiger partial charge in [0.15, 0.2) is 0 Å². The first kappa shape index (κ1) is 8.74. The van der Waals surface area contributed by atoms with Gasteiger partial charge in [-0.15, -0.1) is 0 Å². The Balaban J connectivity index is 2.23. The Morgan fingerprint density at radius 1 is 1.69 bits per heavy atom. The minimum atomic E-state index is -0.822. The molecule has 1 aromatic heterocycles. The Labute approximate surface area is 76.5 Å². The van der Waals surface area contributed by atoms with Gasteiger partial charge < -0.3 is 19.6 Å². The summed E-state index contributed by atoms with van der Waals surface area (Å²) in [7, 11) is 1.62. The van der Waals surface area contributed by atoms with E-state index in [0.29, 0.717) is 25.5 Å². The Hall–Kier alpha value is -0.840. The highest BCUT2D eigenvalue weighted by Crippen LogP contribution is 2.29. The fraction of sp³-hybridized carbons (Fsp3) is 0.556. The van der Waals surface area contributed by atoms with Gasteiger partial charge in [-0.1, -0.05) is 0 Å². The minimum Gasteiger partial charge on any atom is -0.466 e. The number of β-amino-alcohol motifs (C(OH)–C–C–N with tert-alkyl or cyclic N) is 1. The number of hydrogen-bond acceptors (Lipinski definition) is 4. The maximum atomic E-state index is 9.97. The van der Waals surface area contributed by atoms with E-state index in [0.717, 1.165) is 5.56 Å². The fourth-order valence-electron chi connectivity index (χ4n) is 1.54. The van der Waals surface area contributed by atoms with Gasteiger partial charge in [0.05, 0.1) is 12.9 Å². The zero-order valence-electron chi connectivity index (χ0n) is 7.54. The number of hydrogen-bond donors (Lipinski definition) is 2. The van der Waals surface area contributed by atoms with Gasteiger partial charge in [-0.3, -0.25) is 0 Å². The smallest absolute Gasteiger partial charge is 0.147 e. The maximum absolute atomic E-state index is 9.97. The lowest BCUT2D eigenvalue weighted by atomic mass is 9.92. The Bertz CT molecular complexity index is 291. The van der Waals surface area contributed by atoms with Crippen LogP contribution in [0.3, 0.4) is 0 Å². The quantitative estimate of drug-likeness (QED) is 0.703. The van der Waals surface area contributed by atoms with Crippen LogP contribution in [0.2, 0.25) is 0 Å². The van der Waals surface area contributed by atoms with E-state index in [2.05, 4.69) is 5.32 Å². The van der Waals surface area contributed by atoms with Crippen LogP contribution in [0.15, 0.2) is 16.7 Å². The number of furan rings is 1. The highest BCUT2D eigenvalue weighted by atomic mass is 16.5. The molecule has 0 aromatic carbocycles. The van der Waals surface area contributed by atoms with Crippen LogP contribution >= 0.6 is 0 Å². The van der Waals surface area contributed by atoms with Crippen LogP contribution in [-0.4, -0.2) is 25.3 Å². The molecule has 1 aliphatic rings. The van der Waals surface area contributed by atoms with Crippen molar-refractivity contribution in [3.8, 4) is 0 Å². The standard InChI is InChI=1S/C9H13NO3/c1-12-4-7-2-3-13-8(7)9(11)5-10-6-9/h2-3,10-11H,4-6H2,1H3. The van der Waals surface area contributed by atoms with E-state index < -0.39 is 5.60 Å². The lowest BCUT2D eigenvalue weighted by molar-refractivity contribution is -0.0353. The summed E-state index contributed by atoms with van der Waals surface area (Å²) >= 11 is 0. The molecule has 2 heterocycles. The van der Waals surface area contributed by atoms with Gasteiger partial charge in [-0.25, -0.2) is 0 Å². The molecule has 2 rings (SSSR count). The van der Waals surface area contributed by atoms with E-state index in [-0.39, 0.29) is 0 Å². The average molecular weight is 183 g/mol. The third-order valence-corrected chi connectivity index (χ3v) is 2.30. The maximum Gasteiger partial charge on any atom is 0.147 e. The molecule has 72 valence electrons. The van der Waals surface area contributed by atoms with Gasteiger partial charge in [-0.2, -0.15) is 0 Å². The van der Waals surface area contributed by atoms with Crippen molar-refractivity contribution < 1.29 is 14.3 Å². The van der Waals surface area contributed by atoms with Crippen LogP contribution in [0.4, 0.5) is 0 Å². The van der Waals surface area contributed by atoms with Gasteiger partial charge in [0.25, 0.3) is 0 Å². The largest absolute Gasteiger partial charge is 0.466 e. The third kappa shape index (κ3) is 1.37. The second-order valence-electron chi connectivity index (χ2n) is 3.34. The summed E-state index contributed by atoms with van der Waals surface area (Å²) in [6.07, 6.45) is 1.58. The molecule has 0 aliphatic carbocycles. The molecule has 1 saturated heterocycles. The van der Waals surface area contributed by atoms with Crippen LogP contribution in [0.25, 0.3) is 0 Å². The van der Waals surface area contributed by atoms with E-state index in [1.54, 1.807) is 13.4 Å². The molecule has 0 radical (unpaired) electrons. The van der Waals surface area contributed by atoms with Crippen LogP contribution in [0.1, 0.15) is 11.3 Å². The first-order chi connectivity index (χ1) is 6.26.